The Hall–Kier alpha value is -1.31. The lowest BCUT2D eigenvalue weighted by Crippen LogP contribution is -2.41. The van der Waals surface area contributed by atoms with Crippen LogP contribution in [0.15, 0.2) is 30.3 Å². The average molecular weight is 275 g/mol. The molecule has 0 saturated carbocycles. The largest absolute Gasteiger partial charge is 0.342 e. The number of rotatable bonds is 6. The molecule has 112 valence electrons. The molecular weight excluding hydrogens is 246 g/mol. The highest BCUT2D eigenvalue weighted by atomic mass is 16.2. The molecule has 0 fully saturated rings. The summed E-state index contributed by atoms with van der Waals surface area (Å²) >= 11 is 0. The Labute approximate surface area is 124 Å². The molecule has 0 saturated heterocycles. The lowest BCUT2D eigenvalue weighted by molar-refractivity contribution is -0.131. The van der Waals surface area contributed by atoms with Crippen molar-refractivity contribution in [3.63, 3.8) is 0 Å². The molecule has 20 heavy (non-hydrogen) atoms. The highest BCUT2D eigenvalue weighted by Gasteiger charge is 2.30. The van der Waals surface area contributed by atoms with Gasteiger partial charge in [0.05, 0.1) is 0 Å². The van der Waals surface area contributed by atoms with Crippen LogP contribution in [-0.2, 0) is 4.79 Å². The Morgan fingerprint density at radius 2 is 1.70 bits per heavy atom. The topological polar surface area (TPSA) is 20.3 Å². The molecule has 2 nitrogen and oxygen atoms in total. The monoisotopic (exact) mass is 275 g/mol. The fourth-order valence-electron chi connectivity index (χ4n) is 2.57. The van der Waals surface area contributed by atoms with Crippen molar-refractivity contribution in [1.82, 2.24) is 4.90 Å². The third-order valence-corrected chi connectivity index (χ3v) is 4.10. The molecule has 1 unspecified atom stereocenters. The number of nitrogens with zero attached hydrogens (tertiary/aromatic N) is 1. The van der Waals surface area contributed by atoms with Gasteiger partial charge in [0.15, 0.2) is 0 Å². The van der Waals surface area contributed by atoms with E-state index in [0.717, 1.165) is 13.1 Å². The Morgan fingerprint density at radius 1 is 1.15 bits per heavy atom. The predicted molar refractivity (Wildman–Crippen MR) is 85.7 cm³/mol. The van der Waals surface area contributed by atoms with Crippen LogP contribution in [0.5, 0.6) is 0 Å². The predicted octanol–water partition coefficient (Wildman–Crippen LogP) is 4.32. The van der Waals surface area contributed by atoms with Gasteiger partial charge in [-0.2, -0.15) is 0 Å². The van der Waals surface area contributed by atoms with E-state index in [2.05, 4.69) is 58.9 Å². The van der Waals surface area contributed by atoms with Gasteiger partial charge in [-0.05, 0) is 22.8 Å². The highest BCUT2D eigenvalue weighted by molar-refractivity contribution is 5.73. The van der Waals surface area contributed by atoms with E-state index in [0.29, 0.717) is 11.8 Å². The van der Waals surface area contributed by atoms with Crippen LogP contribution in [0.1, 0.15) is 53.0 Å². The van der Waals surface area contributed by atoms with Crippen LogP contribution in [0.3, 0.4) is 0 Å². The number of amides is 1. The van der Waals surface area contributed by atoms with Crippen molar-refractivity contribution in [2.75, 3.05) is 13.1 Å². The summed E-state index contributed by atoms with van der Waals surface area (Å²) in [5, 5.41) is 0. The summed E-state index contributed by atoms with van der Waals surface area (Å²) in [5.74, 6) is 1.09. The molecule has 0 radical (unpaired) electrons. The molecule has 0 aromatic heterocycles. The molecule has 0 spiro atoms. The molecule has 0 N–H and O–H groups in total. The van der Waals surface area contributed by atoms with E-state index in [4.69, 9.17) is 0 Å². The molecule has 0 bridgehead atoms. The summed E-state index contributed by atoms with van der Waals surface area (Å²) < 4.78 is 0. The van der Waals surface area contributed by atoms with Crippen molar-refractivity contribution >= 4 is 5.91 Å². The number of carbonyl (C=O) groups excluding carboxylic acids is 1. The zero-order valence-electron chi connectivity index (χ0n) is 13.8. The second kappa shape index (κ2) is 6.92. The zero-order chi connectivity index (χ0) is 15.3. The maximum Gasteiger partial charge on any atom is 0.219 e. The van der Waals surface area contributed by atoms with Crippen molar-refractivity contribution in [3.8, 4) is 0 Å². The molecule has 0 aliphatic rings. The fourth-order valence-corrected chi connectivity index (χ4v) is 2.57. The first-order valence-corrected chi connectivity index (χ1v) is 7.54. The van der Waals surface area contributed by atoms with E-state index in [1.165, 1.54) is 5.56 Å². The quantitative estimate of drug-likeness (QED) is 0.757. The molecule has 0 aliphatic heterocycles. The molecule has 0 aliphatic carbocycles. The lowest BCUT2D eigenvalue weighted by atomic mass is 9.75. The van der Waals surface area contributed by atoms with Crippen LogP contribution in [0.4, 0.5) is 0 Å². The molecule has 1 rings (SSSR count). The highest BCUT2D eigenvalue weighted by Crippen LogP contribution is 2.35. The first kappa shape index (κ1) is 16.7. The van der Waals surface area contributed by atoms with E-state index >= 15 is 0 Å². The fraction of sp³-hybridized carbons (Fsp3) is 0.611. The van der Waals surface area contributed by atoms with Gasteiger partial charge in [-0.15, -0.1) is 0 Å². The van der Waals surface area contributed by atoms with Crippen LogP contribution in [0.2, 0.25) is 0 Å². The van der Waals surface area contributed by atoms with Gasteiger partial charge in [-0.1, -0.05) is 65.0 Å². The van der Waals surface area contributed by atoms with Crippen molar-refractivity contribution in [1.29, 1.82) is 0 Å². The first-order valence-electron chi connectivity index (χ1n) is 7.54. The van der Waals surface area contributed by atoms with Crippen LogP contribution >= 0.6 is 0 Å². The van der Waals surface area contributed by atoms with E-state index in [1.54, 1.807) is 6.92 Å². The summed E-state index contributed by atoms with van der Waals surface area (Å²) in [5.41, 5.74) is 1.40. The minimum atomic E-state index is 0.0575. The van der Waals surface area contributed by atoms with Crippen LogP contribution < -0.4 is 0 Å². The van der Waals surface area contributed by atoms with Crippen LogP contribution in [0.25, 0.3) is 0 Å². The van der Waals surface area contributed by atoms with Gasteiger partial charge >= 0.3 is 0 Å². The molecule has 1 amide bonds. The number of hydrogen-bond donors (Lipinski definition) is 0. The third-order valence-electron chi connectivity index (χ3n) is 4.10. The number of hydrogen-bond acceptors (Lipinski definition) is 1. The Morgan fingerprint density at radius 3 is 2.15 bits per heavy atom. The Bertz CT molecular complexity index is 422. The average Bonchev–Trinajstić information content (AvgIpc) is 2.37. The van der Waals surface area contributed by atoms with Crippen molar-refractivity contribution < 1.29 is 4.79 Å². The standard InChI is InChI=1S/C18H29NO/c1-14(2)12-19(16(4)20)13-18(5,6)15(3)17-10-8-7-9-11-17/h7-11,14-15H,12-13H2,1-6H3. The van der Waals surface area contributed by atoms with Crippen LogP contribution in [-0.4, -0.2) is 23.9 Å². The van der Waals surface area contributed by atoms with E-state index in [-0.39, 0.29) is 11.3 Å². The van der Waals surface area contributed by atoms with E-state index in [9.17, 15) is 4.79 Å². The summed E-state index contributed by atoms with van der Waals surface area (Å²) in [6, 6.07) is 10.6. The Balaban J connectivity index is 2.83. The molecule has 1 aromatic carbocycles. The SMILES string of the molecule is CC(=O)N(CC(C)C)CC(C)(C)C(C)c1ccccc1. The smallest absolute Gasteiger partial charge is 0.219 e. The molecule has 1 aromatic rings. The van der Waals surface area contributed by atoms with Gasteiger partial charge in [0.1, 0.15) is 0 Å². The van der Waals surface area contributed by atoms with Gasteiger partial charge in [0.2, 0.25) is 5.91 Å². The van der Waals surface area contributed by atoms with Gasteiger partial charge in [-0.3, -0.25) is 4.79 Å². The minimum Gasteiger partial charge on any atom is -0.342 e. The van der Waals surface area contributed by atoms with Crippen molar-refractivity contribution in [3.05, 3.63) is 35.9 Å². The zero-order valence-corrected chi connectivity index (χ0v) is 13.8. The van der Waals surface area contributed by atoms with Gasteiger partial charge < -0.3 is 4.90 Å². The summed E-state index contributed by atoms with van der Waals surface area (Å²) in [7, 11) is 0. The maximum absolute atomic E-state index is 11.8. The summed E-state index contributed by atoms with van der Waals surface area (Å²) in [6.45, 7) is 14.4. The maximum atomic E-state index is 11.8. The summed E-state index contributed by atoms with van der Waals surface area (Å²) in [6.07, 6.45) is 0. The van der Waals surface area contributed by atoms with E-state index in [1.807, 2.05) is 11.0 Å². The lowest BCUT2D eigenvalue weighted by Gasteiger charge is -2.38. The summed E-state index contributed by atoms with van der Waals surface area (Å²) in [4.78, 5) is 13.8. The molecule has 1 atom stereocenters. The van der Waals surface area contributed by atoms with Gasteiger partial charge in [-0.25, -0.2) is 0 Å². The van der Waals surface area contributed by atoms with Crippen molar-refractivity contribution in [2.45, 2.75) is 47.5 Å². The van der Waals surface area contributed by atoms with Gasteiger partial charge in [0, 0.05) is 20.0 Å². The van der Waals surface area contributed by atoms with Crippen LogP contribution in [0, 0.1) is 11.3 Å². The second-order valence-electron chi connectivity index (χ2n) is 6.91. The normalized spacial score (nSPS) is 13.3. The third kappa shape index (κ3) is 4.66. The first-order chi connectivity index (χ1) is 9.24. The number of benzene rings is 1. The van der Waals surface area contributed by atoms with Gasteiger partial charge in [0.25, 0.3) is 0 Å². The number of carbonyl (C=O) groups is 1. The van der Waals surface area contributed by atoms with E-state index < -0.39 is 0 Å². The molecule has 0 heterocycles. The minimum absolute atomic E-state index is 0.0575. The second-order valence-corrected chi connectivity index (χ2v) is 6.91. The Kier molecular flexibility index (Phi) is 5.79. The molecule has 2 heteroatoms. The molecular formula is C18H29NO. The van der Waals surface area contributed by atoms with Crippen molar-refractivity contribution in [2.24, 2.45) is 11.3 Å².